The van der Waals surface area contributed by atoms with Gasteiger partial charge in [-0.05, 0) is 235 Å². The first-order chi connectivity index (χ1) is 64.5. The standard InChI is InChI=1S/C27H24FN5O3.C26H22FN5OS.C25H18F3N5O.C21H18FN5O/c1-35-22-5-3-4-19(26(22)36-2)15-30-27-29-12-10-21(31-27)25-24(18-6-8-20(28)9-7-18)32-23-14-17(16-34)11-13-33(23)25;1-34-22-5-3-2-4-19(22)15-29-26-28-12-10-21(30-26)25-24(18-6-8-20(27)9-7-18)31-23-14-17(16-33)11-13-32(23)25;26-18-4-1-16(2-5-18)23-24(33-10-8-15(14-34)11-22(33)32-23)21-7-9-29-25(31-21)30-13-17-3-6-19(27)12-20(17)28;22-15-3-1-14(2-4-15)19-20(27-10-8-13(12-28)11-18(27)26-19)17-7-9-23-21(25-17)24-16-5-6-16/h3-14,34H,15-16H2,1-2H3,(H,29,30,31);2-14,33H,15-16H2,1H3,(H,28,29,30);1-12,34H,13-14H2,(H,29,30,31);1-4,7-11,16,28H,5-6,12H2,(H,23,24,25). The second kappa shape index (κ2) is 40.2. The smallest absolute Gasteiger partial charge is 0.223 e. The van der Waals surface area contributed by atoms with Crippen molar-refractivity contribution < 1.29 is 56.2 Å². The highest BCUT2D eigenvalue weighted by molar-refractivity contribution is 7.98. The number of benzene rings is 7. The third-order valence-corrected chi connectivity index (χ3v) is 22.3. The summed E-state index contributed by atoms with van der Waals surface area (Å²) >= 11 is 1.70. The predicted octanol–water partition coefficient (Wildman–Crippen LogP) is 18.8. The van der Waals surface area contributed by atoms with Gasteiger partial charge in [0.1, 0.15) is 57.5 Å². The topological polar surface area (TPSA) is 320 Å². The van der Waals surface area contributed by atoms with Crippen LogP contribution in [0.25, 0.3) is 113 Å². The van der Waals surface area contributed by atoms with Gasteiger partial charge in [0.15, 0.2) is 11.5 Å². The fourth-order valence-corrected chi connectivity index (χ4v) is 15.4. The van der Waals surface area contributed by atoms with Gasteiger partial charge in [-0.25, -0.2) is 86.2 Å². The van der Waals surface area contributed by atoms with Crippen molar-refractivity contribution in [1.29, 1.82) is 0 Å². The number of nitrogens with zero attached hydrogens (tertiary/aromatic N) is 16. The average Bonchev–Trinajstić information content (AvgIpc) is 1.63. The normalized spacial score (nSPS) is 11.7. The SMILES string of the molecule is COc1cccc(CNc2nccc(-c3c(-c4ccc(F)cc4)nc4cc(CO)ccn34)n2)c1OC.CSc1ccccc1CNc1nccc(-c2c(-c3ccc(F)cc3)nc3cc(CO)ccn23)n1.OCc1ccn2c(-c3ccnc(NC4CC4)n3)c(-c3ccc(F)cc3)nc2c1.OCc1ccn2c(-c3ccnc(NCc4ccc(F)cc4F)n3)c(-c3ccc(F)cc3)nc2c1. The number of aliphatic hydroxyl groups excluding tert-OH is 4. The van der Waals surface area contributed by atoms with Crippen LogP contribution in [0.1, 0.15) is 51.8 Å². The number of aromatic nitrogens is 16. The van der Waals surface area contributed by atoms with Gasteiger partial charge < -0.3 is 51.2 Å². The van der Waals surface area contributed by atoms with E-state index in [4.69, 9.17) is 39.4 Å². The Labute approximate surface area is 755 Å². The molecule has 0 unspecified atom stereocenters. The number of anilines is 4. The van der Waals surface area contributed by atoms with E-state index in [0.29, 0.717) is 128 Å². The highest BCUT2D eigenvalue weighted by Crippen LogP contribution is 2.40. The molecule has 12 heterocycles. The molecule has 20 rings (SSSR count). The van der Waals surface area contributed by atoms with Gasteiger partial charge in [0, 0.05) is 120 Å². The number of ether oxygens (including phenoxy) is 2. The van der Waals surface area contributed by atoms with Crippen LogP contribution in [-0.2, 0) is 46.1 Å². The lowest BCUT2D eigenvalue weighted by atomic mass is 10.1. The minimum Gasteiger partial charge on any atom is -0.493 e. The maximum absolute atomic E-state index is 14.0. The highest BCUT2D eigenvalue weighted by atomic mass is 32.2. The van der Waals surface area contributed by atoms with Gasteiger partial charge in [0.25, 0.3) is 0 Å². The zero-order chi connectivity index (χ0) is 91.3. The number of pyridine rings is 4. The fourth-order valence-electron chi connectivity index (χ4n) is 14.8. The Balaban J connectivity index is 0.000000123. The van der Waals surface area contributed by atoms with Gasteiger partial charge >= 0.3 is 0 Å². The Morgan fingerprint density at radius 1 is 0.348 bits per heavy atom. The van der Waals surface area contributed by atoms with Crippen molar-refractivity contribution in [2.24, 2.45) is 0 Å². The van der Waals surface area contributed by atoms with Crippen molar-refractivity contribution >= 4 is 58.1 Å². The zero-order valence-electron chi connectivity index (χ0n) is 70.9. The molecule has 8 N–H and O–H groups in total. The van der Waals surface area contributed by atoms with E-state index < -0.39 is 11.6 Å². The van der Waals surface area contributed by atoms with E-state index in [1.807, 2.05) is 115 Å². The van der Waals surface area contributed by atoms with Gasteiger partial charge in [-0.15, -0.1) is 11.8 Å². The molecule has 1 aliphatic carbocycles. The summed E-state index contributed by atoms with van der Waals surface area (Å²) in [5.41, 5.74) is 19.0. The van der Waals surface area contributed by atoms with Crippen molar-refractivity contribution in [3.05, 3.63) is 354 Å². The van der Waals surface area contributed by atoms with Crippen molar-refractivity contribution in [3.8, 4) is 102 Å². The number of hydrogen-bond acceptors (Lipinski definition) is 23. The van der Waals surface area contributed by atoms with Gasteiger partial charge in [-0.3, -0.25) is 17.6 Å². The van der Waals surface area contributed by atoms with E-state index in [1.54, 1.807) is 130 Å². The van der Waals surface area contributed by atoms with Crippen LogP contribution >= 0.6 is 11.8 Å². The number of thioether (sulfide) groups is 1. The lowest BCUT2D eigenvalue weighted by Gasteiger charge is -2.13. The van der Waals surface area contributed by atoms with Gasteiger partial charge in [0.2, 0.25) is 23.8 Å². The first-order valence-electron chi connectivity index (χ1n) is 41.6. The van der Waals surface area contributed by atoms with Gasteiger partial charge in [-0.2, -0.15) is 0 Å². The van der Waals surface area contributed by atoms with Crippen LogP contribution in [-0.4, -0.2) is 124 Å². The number of aliphatic hydroxyl groups is 4. The van der Waals surface area contributed by atoms with Crippen LogP contribution in [0, 0.1) is 34.9 Å². The number of halogens is 6. The Morgan fingerprint density at radius 3 is 1.02 bits per heavy atom. The molecule has 1 fully saturated rings. The molecule has 0 saturated heterocycles. The van der Waals surface area contributed by atoms with Crippen molar-refractivity contribution in [2.45, 2.75) is 69.8 Å². The molecule has 0 atom stereocenters. The molecule has 662 valence electrons. The van der Waals surface area contributed by atoms with E-state index in [0.717, 1.165) is 80.6 Å². The summed E-state index contributed by atoms with van der Waals surface area (Å²) in [7, 11) is 3.20. The largest absolute Gasteiger partial charge is 0.493 e. The van der Waals surface area contributed by atoms with E-state index in [-0.39, 0.29) is 67.8 Å². The molecule has 1 saturated carbocycles. The summed E-state index contributed by atoms with van der Waals surface area (Å²) in [6.07, 6.45) is 18.3. The minimum atomic E-state index is -0.663. The van der Waals surface area contributed by atoms with Crippen LogP contribution in [0.4, 0.5) is 50.1 Å². The van der Waals surface area contributed by atoms with Gasteiger partial charge in [0.05, 0.1) is 109 Å². The quantitative estimate of drug-likeness (QED) is 0.0184. The maximum atomic E-state index is 14.0. The van der Waals surface area contributed by atoms with Crippen LogP contribution in [0.3, 0.4) is 0 Å². The predicted molar refractivity (Wildman–Crippen MR) is 493 cm³/mol. The molecule has 0 radical (unpaired) electrons. The lowest BCUT2D eigenvalue weighted by molar-refractivity contribution is 0.281. The minimum absolute atomic E-state index is 0.0620. The number of methoxy groups -OCH3 is 2. The van der Waals surface area contributed by atoms with E-state index in [2.05, 4.69) is 69.6 Å². The van der Waals surface area contributed by atoms with Crippen LogP contribution in [0.15, 0.2) is 285 Å². The Morgan fingerprint density at radius 2 is 0.682 bits per heavy atom. The first kappa shape index (κ1) is 88.2. The van der Waals surface area contributed by atoms with Crippen LogP contribution in [0.2, 0.25) is 0 Å². The average molecular weight is 1790 g/mol. The summed E-state index contributed by atoms with van der Waals surface area (Å²) in [5, 5.41) is 50.9. The number of nitrogens with one attached hydrogen (secondary N) is 4. The second-order valence-electron chi connectivity index (χ2n) is 30.2. The Bertz CT molecular complexity index is 7330. The Hall–Kier alpha value is -15.8. The third kappa shape index (κ3) is 20.0. The Kier molecular flexibility index (Phi) is 26.9. The summed E-state index contributed by atoms with van der Waals surface area (Å²) in [6.45, 7) is 0.705. The number of para-hydroxylation sites is 1. The van der Waals surface area contributed by atoms with E-state index in [9.17, 15) is 46.8 Å². The monoisotopic (exact) mass is 1790 g/mol. The highest BCUT2D eigenvalue weighted by Gasteiger charge is 2.27. The molecule has 0 spiro atoms. The zero-order valence-corrected chi connectivity index (χ0v) is 71.8. The molecule has 7 aromatic carbocycles. The summed E-state index contributed by atoms with van der Waals surface area (Å²) in [4.78, 5) is 56.3. The first-order valence-corrected chi connectivity index (χ1v) is 42.8. The fraction of sp³-hybridized carbons (Fsp3) is 0.131. The van der Waals surface area contributed by atoms with Crippen molar-refractivity contribution in [2.75, 3.05) is 41.7 Å². The molecule has 0 aliphatic heterocycles. The summed E-state index contributed by atoms with van der Waals surface area (Å²) in [6, 6.07) is 64.0. The molecular formula is C99H82F6N20O6S. The van der Waals surface area contributed by atoms with E-state index >= 15 is 0 Å². The lowest BCUT2D eigenvalue weighted by Crippen LogP contribution is -2.06. The number of fused-ring (bicyclic) bond motifs is 4. The molecule has 33 heteroatoms. The van der Waals surface area contributed by atoms with E-state index in [1.165, 1.54) is 71.1 Å². The number of rotatable bonds is 26. The molecule has 132 heavy (non-hydrogen) atoms. The van der Waals surface area contributed by atoms with Crippen LogP contribution < -0.4 is 30.7 Å². The molecule has 12 aromatic heterocycles. The van der Waals surface area contributed by atoms with Crippen molar-refractivity contribution in [1.82, 2.24) is 77.4 Å². The second-order valence-corrected chi connectivity index (χ2v) is 31.0. The molecule has 0 bridgehead atoms. The molecule has 19 aromatic rings. The summed E-state index contributed by atoms with van der Waals surface area (Å²) in [5.74, 6) is 0.433. The van der Waals surface area contributed by atoms with Crippen molar-refractivity contribution in [3.63, 3.8) is 0 Å². The number of hydrogen-bond donors (Lipinski definition) is 8. The van der Waals surface area contributed by atoms with Crippen LogP contribution in [0.5, 0.6) is 11.5 Å². The molecular weight excluding hydrogens is 1710 g/mol. The molecule has 1 aliphatic rings. The molecule has 0 amide bonds. The maximum Gasteiger partial charge on any atom is 0.223 e. The molecule has 26 nitrogen and oxygen atoms in total. The number of imidazole rings is 4. The van der Waals surface area contributed by atoms with Gasteiger partial charge in [-0.1, -0.05) is 36.4 Å². The third-order valence-electron chi connectivity index (χ3n) is 21.5. The summed E-state index contributed by atoms with van der Waals surface area (Å²) < 4.78 is 99.8.